The lowest BCUT2D eigenvalue weighted by Crippen LogP contribution is -2.35. The minimum absolute atomic E-state index is 0.111. The first-order valence-electron chi connectivity index (χ1n) is 10.2. The third kappa shape index (κ3) is 6.71. The fourth-order valence-corrected chi connectivity index (χ4v) is 3.25. The Balaban J connectivity index is 1.62. The Morgan fingerprint density at radius 1 is 1.00 bits per heavy atom. The molecular formula is C25H30FNO3. The van der Waals surface area contributed by atoms with Gasteiger partial charge in [0.1, 0.15) is 30.0 Å². The van der Waals surface area contributed by atoms with Gasteiger partial charge >= 0.3 is 0 Å². The number of nitrogens with zero attached hydrogens (tertiary/aromatic N) is 1. The van der Waals surface area contributed by atoms with E-state index in [0.717, 1.165) is 5.76 Å². The van der Waals surface area contributed by atoms with Gasteiger partial charge in [0, 0.05) is 13.1 Å². The van der Waals surface area contributed by atoms with Gasteiger partial charge in [-0.2, -0.15) is 0 Å². The third-order valence-corrected chi connectivity index (χ3v) is 4.91. The number of benzene rings is 2. The van der Waals surface area contributed by atoms with Gasteiger partial charge in [0.25, 0.3) is 0 Å². The SMILES string of the molecule is CC(C)(C)c1ccc(CN(Cc2ccco2)CC(O)COc2ccc(F)cc2)cc1. The molecule has 160 valence electrons. The minimum atomic E-state index is -0.695. The van der Waals surface area contributed by atoms with Crippen molar-refractivity contribution in [1.29, 1.82) is 0 Å². The van der Waals surface area contributed by atoms with Crippen LogP contribution in [-0.4, -0.2) is 29.3 Å². The van der Waals surface area contributed by atoms with E-state index in [-0.39, 0.29) is 17.8 Å². The third-order valence-electron chi connectivity index (χ3n) is 4.91. The Kier molecular flexibility index (Phi) is 7.29. The summed E-state index contributed by atoms with van der Waals surface area (Å²) in [7, 11) is 0. The molecule has 0 saturated heterocycles. The molecule has 30 heavy (non-hydrogen) atoms. The van der Waals surface area contributed by atoms with E-state index in [1.807, 2.05) is 12.1 Å². The molecule has 1 atom stereocenters. The average molecular weight is 412 g/mol. The van der Waals surface area contributed by atoms with Crippen LogP contribution in [0, 0.1) is 5.82 Å². The van der Waals surface area contributed by atoms with E-state index in [4.69, 9.17) is 9.15 Å². The van der Waals surface area contributed by atoms with Crippen LogP contribution in [0.15, 0.2) is 71.3 Å². The lowest BCUT2D eigenvalue weighted by Gasteiger charge is -2.25. The Morgan fingerprint density at radius 2 is 1.70 bits per heavy atom. The van der Waals surface area contributed by atoms with E-state index in [1.165, 1.54) is 23.3 Å². The molecule has 0 bridgehead atoms. The van der Waals surface area contributed by atoms with E-state index >= 15 is 0 Å². The van der Waals surface area contributed by atoms with Gasteiger partial charge in [-0.15, -0.1) is 0 Å². The molecule has 0 aliphatic carbocycles. The molecule has 4 nitrogen and oxygen atoms in total. The van der Waals surface area contributed by atoms with Crippen molar-refractivity contribution in [1.82, 2.24) is 4.90 Å². The maximum absolute atomic E-state index is 13.0. The van der Waals surface area contributed by atoms with E-state index in [2.05, 4.69) is 49.9 Å². The van der Waals surface area contributed by atoms with Gasteiger partial charge in [-0.25, -0.2) is 4.39 Å². The molecular weight excluding hydrogens is 381 g/mol. The first-order chi connectivity index (χ1) is 14.3. The van der Waals surface area contributed by atoms with Gasteiger partial charge in [0.2, 0.25) is 0 Å². The second kappa shape index (κ2) is 9.92. The molecule has 3 rings (SSSR count). The molecule has 1 heterocycles. The van der Waals surface area contributed by atoms with Crippen LogP contribution in [0.3, 0.4) is 0 Å². The van der Waals surface area contributed by atoms with Crippen molar-refractivity contribution in [3.05, 3.63) is 89.6 Å². The molecule has 0 spiro atoms. The van der Waals surface area contributed by atoms with E-state index < -0.39 is 6.10 Å². The van der Waals surface area contributed by atoms with Crippen LogP contribution >= 0.6 is 0 Å². The zero-order valence-corrected chi connectivity index (χ0v) is 17.8. The van der Waals surface area contributed by atoms with Gasteiger partial charge in [-0.1, -0.05) is 45.0 Å². The van der Waals surface area contributed by atoms with Crippen molar-refractivity contribution >= 4 is 0 Å². The molecule has 0 amide bonds. The molecule has 1 aromatic heterocycles. The summed E-state index contributed by atoms with van der Waals surface area (Å²) in [6, 6.07) is 18.2. The monoisotopic (exact) mass is 411 g/mol. The molecule has 1 unspecified atom stereocenters. The summed E-state index contributed by atoms with van der Waals surface area (Å²) < 4.78 is 24.1. The van der Waals surface area contributed by atoms with Crippen LogP contribution in [-0.2, 0) is 18.5 Å². The molecule has 2 aromatic carbocycles. The number of ether oxygens (including phenoxy) is 1. The number of halogens is 1. The predicted molar refractivity (Wildman–Crippen MR) is 116 cm³/mol. The first kappa shape index (κ1) is 22.1. The van der Waals surface area contributed by atoms with Crippen LogP contribution in [0.25, 0.3) is 0 Å². The highest BCUT2D eigenvalue weighted by Crippen LogP contribution is 2.23. The van der Waals surface area contributed by atoms with Crippen molar-refractivity contribution in [2.75, 3.05) is 13.2 Å². The van der Waals surface area contributed by atoms with Crippen molar-refractivity contribution in [3.63, 3.8) is 0 Å². The number of rotatable bonds is 9. The molecule has 3 aromatic rings. The quantitative estimate of drug-likeness (QED) is 0.528. The van der Waals surface area contributed by atoms with Crippen LogP contribution in [0.2, 0.25) is 0 Å². The Morgan fingerprint density at radius 3 is 2.30 bits per heavy atom. The zero-order valence-electron chi connectivity index (χ0n) is 17.8. The van der Waals surface area contributed by atoms with Crippen LogP contribution in [0.4, 0.5) is 4.39 Å². The molecule has 1 N–H and O–H groups in total. The summed E-state index contributed by atoms with van der Waals surface area (Å²) in [5.74, 6) is 1.06. The van der Waals surface area contributed by atoms with Gasteiger partial charge in [-0.05, 0) is 52.9 Å². The molecule has 0 fully saturated rings. The lowest BCUT2D eigenvalue weighted by molar-refractivity contribution is 0.0604. The second-order valence-corrected chi connectivity index (χ2v) is 8.61. The van der Waals surface area contributed by atoms with Crippen LogP contribution < -0.4 is 4.74 Å². The van der Waals surface area contributed by atoms with E-state index in [0.29, 0.717) is 25.4 Å². The number of hydrogen-bond acceptors (Lipinski definition) is 4. The standard InChI is InChI=1S/C25H30FNO3/c1-25(2,3)20-8-6-19(7-9-20)15-27(17-24-5-4-14-29-24)16-22(28)18-30-23-12-10-21(26)11-13-23/h4-14,22,28H,15-18H2,1-3H3. The molecule has 0 aliphatic rings. The highest BCUT2D eigenvalue weighted by Gasteiger charge is 2.17. The van der Waals surface area contributed by atoms with Crippen molar-refractivity contribution in [2.24, 2.45) is 0 Å². The van der Waals surface area contributed by atoms with Crippen molar-refractivity contribution in [3.8, 4) is 5.75 Å². The molecule has 0 saturated carbocycles. The number of aliphatic hydroxyl groups is 1. The number of furan rings is 1. The van der Waals surface area contributed by atoms with Gasteiger partial charge < -0.3 is 14.3 Å². The highest BCUT2D eigenvalue weighted by molar-refractivity contribution is 5.27. The Labute approximate surface area is 177 Å². The average Bonchev–Trinajstić information content (AvgIpc) is 3.20. The van der Waals surface area contributed by atoms with Gasteiger partial charge in [-0.3, -0.25) is 4.90 Å². The largest absolute Gasteiger partial charge is 0.491 e. The second-order valence-electron chi connectivity index (χ2n) is 8.61. The summed E-state index contributed by atoms with van der Waals surface area (Å²) in [5, 5.41) is 10.5. The molecule has 0 aliphatic heterocycles. The number of hydrogen-bond donors (Lipinski definition) is 1. The Hall–Kier alpha value is -2.63. The van der Waals surface area contributed by atoms with E-state index in [1.54, 1.807) is 18.4 Å². The fourth-order valence-electron chi connectivity index (χ4n) is 3.25. The normalized spacial score (nSPS) is 12.9. The highest BCUT2D eigenvalue weighted by atomic mass is 19.1. The summed E-state index contributed by atoms with van der Waals surface area (Å²) in [6.45, 7) is 8.40. The fraction of sp³-hybridized carbons (Fsp3) is 0.360. The van der Waals surface area contributed by atoms with E-state index in [9.17, 15) is 9.50 Å². The topological polar surface area (TPSA) is 45.8 Å². The van der Waals surface area contributed by atoms with Gasteiger partial charge in [0.15, 0.2) is 0 Å². The minimum Gasteiger partial charge on any atom is -0.491 e. The first-order valence-corrected chi connectivity index (χ1v) is 10.2. The smallest absolute Gasteiger partial charge is 0.123 e. The maximum Gasteiger partial charge on any atom is 0.123 e. The molecule has 0 radical (unpaired) electrons. The summed E-state index contributed by atoms with van der Waals surface area (Å²) in [4.78, 5) is 2.13. The van der Waals surface area contributed by atoms with Crippen LogP contribution in [0.5, 0.6) is 5.75 Å². The Bertz CT molecular complexity index is 884. The van der Waals surface area contributed by atoms with Crippen molar-refractivity contribution in [2.45, 2.75) is 45.4 Å². The number of aliphatic hydroxyl groups excluding tert-OH is 1. The zero-order chi connectivity index (χ0) is 21.6. The lowest BCUT2D eigenvalue weighted by atomic mass is 9.87. The van der Waals surface area contributed by atoms with Gasteiger partial charge in [0.05, 0.1) is 12.8 Å². The molecule has 5 heteroatoms. The predicted octanol–water partition coefficient (Wildman–Crippen LogP) is 5.16. The van der Waals surface area contributed by atoms with Crippen LogP contribution in [0.1, 0.15) is 37.7 Å². The van der Waals surface area contributed by atoms with Crippen molar-refractivity contribution < 1.29 is 18.7 Å². The maximum atomic E-state index is 13.0. The summed E-state index contributed by atoms with van der Waals surface area (Å²) in [5.41, 5.74) is 2.57. The summed E-state index contributed by atoms with van der Waals surface area (Å²) in [6.07, 6.45) is 0.957. The summed E-state index contributed by atoms with van der Waals surface area (Å²) >= 11 is 0.